The molecule has 8 heteroatoms. The van der Waals surface area contributed by atoms with Crippen LogP contribution >= 0.6 is 0 Å². The fourth-order valence-corrected chi connectivity index (χ4v) is 5.83. The second kappa shape index (κ2) is 9.24. The predicted molar refractivity (Wildman–Crippen MR) is 113 cm³/mol. The Morgan fingerprint density at radius 2 is 1.66 bits per heavy atom. The van der Waals surface area contributed by atoms with E-state index in [0.717, 1.165) is 22.3 Å². The summed E-state index contributed by atoms with van der Waals surface area (Å²) in [5.74, 6) is -0.0439. The molecule has 1 fully saturated rings. The molecule has 29 heavy (non-hydrogen) atoms. The maximum Gasteiger partial charge on any atom is 0.243 e. The quantitative estimate of drug-likeness (QED) is 0.703. The van der Waals surface area contributed by atoms with Crippen LogP contribution in [-0.2, 0) is 14.8 Å². The Labute approximate surface area is 174 Å². The number of nitriles is 1. The molecule has 0 saturated carbocycles. The molecular weight excluding hydrogens is 388 g/mol. The summed E-state index contributed by atoms with van der Waals surface area (Å²) in [7, 11) is -1.89. The van der Waals surface area contributed by atoms with Crippen molar-refractivity contribution >= 4 is 15.9 Å². The van der Waals surface area contributed by atoms with Crippen LogP contribution in [-0.4, -0.2) is 74.2 Å². The van der Waals surface area contributed by atoms with Crippen LogP contribution in [0, 0.1) is 39.0 Å². The molecule has 0 aromatic heterocycles. The van der Waals surface area contributed by atoms with Gasteiger partial charge in [0.15, 0.2) is 0 Å². The zero-order valence-electron chi connectivity index (χ0n) is 18.3. The van der Waals surface area contributed by atoms with Crippen LogP contribution in [0.2, 0.25) is 0 Å². The van der Waals surface area contributed by atoms with Gasteiger partial charge >= 0.3 is 0 Å². The van der Waals surface area contributed by atoms with E-state index >= 15 is 0 Å². The Bertz CT molecular complexity index is 887. The van der Waals surface area contributed by atoms with Gasteiger partial charge in [0.1, 0.15) is 0 Å². The fraction of sp³-hybridized carbons (Fsp3) is 0.619. The van der Waals surface area contributed by atoms with Gasteiger partial charge in [0, 0.05) is 39.8 Å². The van der Waals surface area contributed by atoms with Crippen LogP contribution in [0.25, 0.3) is 0 Å². The van der Waals surface area contributed by atoms with Crippen molar-refractivity contribution in [2.24, 2.45) is 0 Å². The molecule has 1 amide bonds. The van der Waals surface area contributed by atoms with Gasteiger partial charge in [-0.1, -0.05) is 6.07 Å². The van der Waals surface area contributed by atoms with Gasteiger partial charge in [0.05, 0.1) is 23.4 Å². The minimum absolute atomic E-state index is 0.0439. The number of hydrogen-bond donors (Lipinski definition) is 0. The zero-order chi connectivity index (χ0) is 21.9. The molecule has 0 aliphatic carbocycles. The van der Waals surface area contributed by atoms with Gasteiger partial charge in [-0.25, -0.2) is 8.42 Å². The Kier molecular flexibility index (Phi) is 7.44. The van der Waals surface area contributed by atoms with Crippen LogP contribution in [0.1, 0.15) is 35.6 Å². The predicted octanol–water partition coefficient (Wildman–Crippen LogP) is 1.99. The number of carbonyl (C=O) groups excluding carboxylic acids is 1. The molecule has 0 spiro atoms. The summed E-state index contributed by atoms with van der Waals surface area (Å²) in [6.45, 7) is 11.6. The molecular formula is C21H32N4O3S. The van der Waals surface area contributed by atoms with Gasteiger partial charge in [0.25, 0.3) is 0 Å². The third-order valence-corrected chi connectivity index (χ3v) is 8.18. The highest BCUT2D eigenvalue weighted by molar-refractivity contribution is 7.89. The maximum absolute atomic E-state index is 13.4. The molecule has 0 bridgehead atoms. The van der Waals surface area contributed by atoms with Gasteiger partial charge < -0.3 is 4.90 Å². The monoisotopic (exact) mass is 420 g/mol. The summed E-state index contributed by atoms with van der Waals surface area (Å²) in [4.78, 5) is 16.6. The zero-order valence-corrected chi connectivity index (χ0v) is 19.1. The number of amides is 1. The molecule has 7 nitrogen and oxygen atoms in total. The summed E-state index contributed by atoms with van der Waals surface area (Å²) in [6, 6.07) is 3.73. The first-order chi connectivity index (χ1) is 13.5. The number of carbonyl (C=O) groups is 1. The number of sulfonamides is 1. The summed E-state index contributed by atoms with van der Waals surface area (Å²) in [5.41, 5.74) is 3.56. The number of nitrogens with zero attached hydrogens (tertiary/aromatic N) is 4. The van der Waals surface area contributed by atoms with Crippen molar-refractivity contribution in [3.8, 4) is 6.07 Å². The largest absolute Gasteiger partial charge is 0.343 e. The number of piperazine rings is 1. The Morgan fingerprint density at radius 3 is 2.14 bits per heavy atom. The van der Waals surface area contributed by atoms with Crippen LogP contribution < -0.4 is 0 Å². The van der Waals surface area contributed by atoms with Crippen molar-refractivity contribution in [2.75, 3.05) is 39.8 Å². The normalized spacial score (nSPS) is 17.0. The highest BCUT2D eigenvalue weighted by atomic mass is 32.2. The molecule has 2 rings (SSSR count). The molecule has 1 aliphatic rings. The Morgan fingerprint density at radius 1 is 1.14 bits per heavy atom. The lowest BCUT2D eigenvalue weighted by molar-refractivity contribution is -0.135. The van der Waals surface area contributed by atoms with Crippen molar-refractivity contribution in [1.29, 1.82) is 5.26 Å². The molecule has 1 atom stereocenters. The van der Waals surface area contributed by atoms with Crippen LogP contribution in [0.3, 0.4) is 0 Å². The number of aryl methyl sites for hydroxylation is 2. The maximum atomic E-state index is 13.4. The fourth-order valence-electron chi connectivity index (χ4n) is 3.83. The molecule has 0 N–H and O–H groups in total. The minimum atomic E-state index is -3.59. The first kappa shape index (κ1) is 23.3. The third-order valence-electron chi connectivity index (χ3n) is 6.01. The number of likely N-dealkylation sites (N-methyl/N-ethyl adjacent to an activating group) is 1. The Hall–Kier alpha value is -1.95. The van der Waals surface area contributed by atoms with E-state index in [1.807, 2.05) is 51.7 Å². The smallest absolute Gasteiger partial charge is 0.243 e. The Balaban J connectivity index is 2.13. The summed E-state index contributed by atoms with van der Waals surface area (Å²) in [5, 5.41) is 8.70. The van der Waals surface area contributed by atoms with E-state index in [1.54, 1.807) is 11.9 Å². The molecule has 1 unspecified atom stereocenters. The van der Waals surface area contributed by atoms with Gasteiger partial charge in [-0.05, 0) is 56.9 Å². The van der Waals surface area contributed by atoms with Gasteiger partial charge in [-0.3, -0.25) is 9.69 Å². The number of hydrogen-bond acceptors (Lipinski definition) is 5. The lowest BCUT2D eigenvalue weighted by Crippen LogP contribution is -2.55. The van der Waals surface area contributed by atoms with Crippen molar-refractivity contribution < 1.29 is 13.2 Å². The molecule has 1 aromatic carbocycles. The van der Waals surface area contributed by atoms with E-state index in [0.29, 0.717) is 44.0 Å². The molecule has 1 saturated heterocycles. The second-order valence-corrected chi connectivity index (χ2v) is 9.75. The summed E-state index contributed by atoms with van der Waals surface area (Å²) >= 11 is 0. The lowest BCUT2D eigenvalue weighted by Gasteiger charge is -2.38. The van der Waals surface area contributed by atoms with E-state index in [-0.39, 0.29) is 11.9 Å². The van der Waals surface area contributed by atoms with E-state index in [4.69, 9.17) is 5.26 Å². The summed E-state index contributed by atoms with van der Waals surface area (Å²) < 4.78 is 28.3. The average molecular weight is 421 g/mol. The SMILES string of the molecule is Cc1cc(C)c(C)c(S(=O)(=O)N2CCN(C(C)C(=O)N(C)CCC#N)CC2)c1C. The average Bonchev–Trinajstić information content (AvgIpc) is 2.69. The van der Waals surface area contributed by atoms with E-state index in [2.05, 4.69) is 0 Å². The molecule has 1 heterocycles. The van der Waals surface area contributed by atoms with Crippen molar-refractivity contribution in [3.63, 3.8) is 0 Å². The highest BCUT2D eigenvalue weighted by Gasteiger charge is 2.34. The van der Waals surface area contributed by atoms with E-state index in [1.165, 1.54) is 4.31 Å². The minimum Gasteiger partial charge on any atom is -0.343 e. The summed E-state index contributed by atoms with van der Waals surface area (Å²) in [6.07, 6.45) is 0.301. The van der Waals surface area contributed by atoms with Crippen molar-refractivity contribution in [3.05, 3.63) is 28.3 Å². The number of rotatable bonds is 6. The van der Waals surface area contributed by atoms with Gasteiger partial charge in [-0.2, -0.15) is 9.57 Å². The molecule has 1 aliphatic heterocycles. The third kappa shape index (κ3) is 4.80. The molecule has 0 radical (unpaired) electrons. The second-order valence-electron chi connectivity index (χ2n) is 7.87. The van der Waals surface area contributed by atoms with Crippen LogP contribution in [0.4, 0.5) is 0 Å². The molecule has 1 aromatic rings. The van der Waals surface area contributed by atoms with E-state index < -0.39 is 10.0 Å². The van der Waals surface area contributed by atoms with Crippen molar-refractivity contribution in [2.45, 2.75) is 52.0 Å². The van der Waals surface area contributed by atoms with Crippen LogP contribution in [0.5, 0.6) is 0 Å². The first-order valence-corrected chi connectivity index (χ1v) is 11.4. The topological polar surface area (TPSA) is 84.7 Å². The lowest BCUT2D eigenvalue weighted by atomic mass is 10.0. The van der Waals surface area contributed by atoms with E-state index in [9.17, 15) is 13.2 Å². The van der Waals surface area contributed by atoms with Crippen molar-refractivity contribution in [1.82, 2.24) is 14.1 Å². The highest BCUT2D eigenvalue weighted by Crippen LogP contribution is 2.29. The van der Waals surface area contributed by atoms with Crippen LogP contribution in [0.15, 0.2) is 11.0 Å². The standard InChI is InChI=1S/C21H32N4O3S/c1-15-14-16(2)18(4)20(17(15)3)29(27,28)25-12-10-24(11-13-25)19(5)21(26)23(6)9-7-8-22/h14,19H,7,9-13H2,1-6H3. The number of benzene rings is 1. The van der Waals surface area contributed by atoms with Gasteiger partial charge in [-0.15, -0.1) is 0 Å². The first-order valence-electron chi connectivity index (χ1n) is 9.95. The van der Waals surface area contributed by atoms with Gasteiger partial charge in [0.2, 0.25) is 15.9 Å². The molecule has 160 valence electrons.